The standard InChI is InChI=1S/C6H16N4O/c1-4-6(2,3)10(8)5(11)9-7/h4,7-8H2,1-3H3,(H,9,11). The van der Waals surface area contributed by atoms with Crippen LogP contribution >= 0.6 is 0 Å². The van der Waals surface area contributed by atoms with Crippen molar-refractivity contribution >= 4 is 6.03 Å². The van der Waals surface area contributed by atoms with Crippen LogP contribution in [0.4, 0.5) is 4.79 Å². The highest BCUT2D eigenvalue weighted by atomic mass is 16.2. The second-order valence-electron chi connectivity index (χ2n) is 2.99. The molecule has 5 heteroatoms. The van der Waals surface area contributed by atoms with Crippen molar-refractivity contribution in [2.24, 2.45) is 11.7 Å². The molecule has 0 rings (SSSR count). The Morgan fingerprint density at radius 2 is 2.09 bits per heavy atom. The number of urea groups is 1. The van der Waals surface area contributed by atoms with Crippen LogP contribution in [0.15, 0.2) is 0 Å². The van der Waals surface area contributed by atoms with Gasteiger partial charge in [-0.3, -0.25) is 10.4 Å². The molecule has 2 amide bonds. The van der Waals surface area contributed by atoms with Gasteiger partial charge in [0.05, 0.1) is 5.54 Å². The maximum Gasteiger partial charge on any atom is 0.346 e. The van der Waals surface area contributed by atoms with Crippen molar-refractivity contribution in [2.75, 3.05) is 0 Å². The first-order valence-electron chi connectivity index (χ1n) is 3.51. The normalized spacial score (nSPS) is 11.0. The van der Waals surface area contributed by atoms with Gasteiger partial charge in [-0.05, 0) is 20.3 Å². The molecule has 0 bridgehead atoms. The number of hydrazine groups is 2. The van der Waals surface area contributed by atoms with Crippen LogP contribution in [0.5, 0.6) is 0 Å². The highest BCUT2D eigenvalue weighted by molar-refractivity contribution is 5.73. The van der Waals surface area contributed by atoms with E-state index in [1.54, 1.807) is 0 Å². The van der Waals surface area contributed by atoms with Crippen molar-refractivity contribution in [3.63, 3.8) is 0 Å². The second-order valence-corrected chi connectivity index (χ2v) is 2.99. The van der Waals surface area contributed by atoms with Gasteiger partial charge >= 0.3 is 6.03 Å². The van der Waals surface area contributed by atoms with Gasteiger partial charge in [0.15, 0.2) is 0 Å². The van der Waals surface area contributed by atoms with E-state index in [2.05, 4.69) is 0 Å². The van der Waals surface area contributed by atoms with E-state index >= 15 is 0 Å². The summed E-state index contributed by atoms with van der Waals surface area (Å²) >= 11 is 0. The fraction of sp³-hybridized carbons (Fsp3) is 0.833. The highest BCUT2D eigenvalue weighted by Gasteiger charge is 2.25. The number of nitrogens with zero attached hydrogens (tertiary/aromatic N) is 1. The molecule has 0 atom stereocenters. The zero-order valence-corrected chi connectivity index (χ0v) is 7.22. The van der Waals surface area contributed by atoms with Crippen molar-refractivity contribution in [2.45, 2.75) is 32.7 Å². The van der Waals surface area contributed by atoms with Crippen molar-refractivity contribution in [3.05, 3.63) is 0 Å². The molecule has 0 aromatic carbocycles. The summed E-state index contributed by atoms with van der Waals surface area (Å²) in [7, 11) is 0. The molecule has 0 spiro atoms. The minimum Gasteiger partial charge on any atom is -0.275 e. The number of amides is 2. The van der Waals surface area contributed by atoms with Gasteiger partial charge in [-0.2, -0.15) is 0 Å². The molecule has 0 aliphatic heterocycles. The maximum atomic E-state index is 10.9. The van der Waals surface area contributed by atoms with Crippen LogP contribution in [-0.4, -0.2) is 16.6 Å². The van der Waals surface area contributed by atoms with Crippen molar-refractivity contribution in [1.82, 2.24) is 10.4 Å². The van der Waals surface area contributed by atoms with Crippen LogP contribution in [0.2, 0.25) is 0 Å². The summed E-state index contributed by atoms with van der Waals surface area (Å²) in [5, 5.41) is 1.09. The van der Waals surface area contributed by atoms with Crippen LogP contribution in [0.25, 0.3) is 0 Å². The highest BCUT2D eigenvalue weighted by Crippen LogP contribution is 2.13. The third kappa shape index (κ3) is 2.36. The molecule has 0 heterocycles. The van der Waals surface area contributed by atoms with Crippen LogP contribution in [0.3, 0.4) is 0 Å². The predicted octanol–water partition coefficient (Wildman–Crippen LogP) is -0.0660. The maximum absolute atomic E-state index is 10.9. The monoisotopic (exact) mass is 160 g/mol. The lowest BCUT2D eigenvalue weighted by Crippen LogP contribution is -2.57. The number of carbonyl (C=O) groups excluding carboxylic acids is 1. The van der Waals surface area contributed by atoms with E-state index in [1.807, 2.05) is 26.2 Å². The minimum atomic E-state index is -0.475. The minimum absolute atomic E-state index is 0.358. The zero-order chi connectivity index (χ0) is 9.07. The molecular weight excluding hydrogens is 144 g/mol. The van der Waals surface area contributed by atoms with Gasteiger partial charge in [0.2, 0.25) is 0 Å². The number of nitrogens with two attached hydrogens (primary N) is 2. The Bertz CT molecular complexity index is 146. The van der Waals surface area contributed by atoms with Crippen LogP contribution in [-0.2, 0) is 0 Å². The average molecular weight is 160 g/mol. The Morgan fingerprint density at radius 1 is 1.64 bits per heavy atom. The Balaban J connectivity index is 4.22. The van der Waals surface area contributed by atoms with Crippen LogP contribution < -0.4 is 17.1 Å². The van der Waals surface area contributed by atoms with Crippen LogP contribution in [0.1, 0.15) is 27.2 Å². The third-order valence-electron chi connectivity index (χ3n) is 1.86. The van der Waals surface area contributed by atoms with Gasteiger partial charge in [-0.25, -0.2) is 16.5 Å². The number of carbonyl (C=O) groups is 1. The Kier molecular flexibility index (Phi) is 3.28. The van der Waals surface area contributed by atoms with Gasteiger partial charge < -0.3 is 0 Å². The molecule has 0 aromatic rings. The van der Waals surface area contributed by atoms with Crippen molar-refractivity contribution in [1.29, 1.82) is 0 Å². The molecule has 0 radical (unpaired) electrons. The molecule has 0 saturated carbocycles. The van der Waals surface area contributed by atoms with Gasteiger partial charge in [0.1, 0.15) is 0 Å². The first kappa shape index (κ1) is 10.2. The van der Waals surface area contributed by atoms with E-state index in [0.29, 0.717) is 0 Å². The van der Waals surface area contributed by atoms with E-state index < -0.39 is 6.03 Å². The number of rotatable bonds is 2. The second kappa shape index (κ2) is 3.54. The number of hydrogen-bond donors (Lipinski definition) is 3. The summed E-state index contributed by atoms with van der Waals surface area (Å²) in [5.41, 5.74) is 1.61. The van der Waals surface area contributed by atoms with E-state index in [1.165, 1.54) is 0 Å². The third-order valence-corrected chi connectivity index (χ3v) is 1.86. The molecule has 0 saturated heterocycles. The van der Waals surface area contributed by atoms with Crippen molar-refractivity contribution in [3.8, 4) is 0 Å². The Labute approximate surface area is 66.7 Å². The largest absolute Gasteiger partial charge is 0.346 e. The van der Waals surface area contributed by atoms with Gasteiger partial charge in [-0.15, -0.1) is 0 Å². The van der Waals surface area contributed by atoms with E-state index in [9.17, 15) is 4.79 Å². The summed E-state index contributed by atoms with van der Waals surface area (Å²) in [5.74, 6) is 10.4. The lowest BCUT2D eigenvalue weighted by Gasteiger charge is -2.33. The average Bonchev–Trinajstić information content (AvgIpc) is 2.01. The van der Waals surface area contributed by atoms with Crippen LogP contribution in [0, 0.1) is 0 Å². The molecule has 0 aromatic heterocycles. The van der Waals surface area contributed by atoms with E-state index in [-0.39, 0.29) is 5.54 Å². The molecule has 0 aliphatic carbocycles. The molecular formula is C6H16N4O. The molecule has 5 N–H and O–H groups in total. The van der Waals surface area contributed by atoms with Gasteiger partial charge in [0.25, 0.3) is 0 Å². The number of hydrogen-bond acceptors (Lipinski definition) is 3. The Morgan fingerprint density at radius 3 is 2.36 bits per heavy atom. The fourth-order valence-electron chi connectivity index (χ4n) is 0.515. The Hall–Kier alpha value is -0.810. The predicted molar refractivity (Wildman–Crippen MR) is 43.1 cm³/mol. The van der Waals surface area contributed by atoms with Gasteiger partial charge in [0, 0.05) is 0 Å². The fourth-order valence-corrected chi connectivity index (χ4v) is 0.515. The summed E-state index contributed by atoms with van der Waals surface area (Å²) in [6.45, 7) is 5.67. The smallest absolute Gasteiger partial charge is 0.275 e. The van der Waals surface area contributed by atoms with E-state index in [4.69, 9.17) is 11.7 Å². The number of nitrogens with one attached hydrogen (secondary N) is 1. The summed E-state index contributed by atoms with van der Waals surface area (Å²) in [4.78, 5) is 10.9. The summed E-state index contributed by atoms with van der Waals surface area (Å²) < 4.78 is 0. The quantitative estimate of drug-likeness (QED) is 0.300. The SMILES string of the molecule is CCC(C)(C)N(N)C(=O)NN. The molecule has 66 valence electrons. The van der Waals surface area contributed by atoms with Gasteiger partial charge in [-0.1, -0.05) is 6.92 Å². The zero-order valence-electron chi connectivity index (χ0n) is 7.22. The lowest BCUT2D eigenvalue weighted by atomic mass is 10.0. The summed E-state index contributed by atoms with van der Waals surface area (Å²) in [6, 6.07) is -0.475. The van der Waals surface area contributed by atoms with Crippen molar-refractivity contribution < 1.29 is 4.79 Å². The molecule has 0 fully saturated rings. The summed E-state index contributed by atoms with van der Waals surface area (Å²) in [6.07, 6.45) is 0.775. The topological polar surface area (TPSA) is 84.4 Å². The molecule has 5 nitrogen and oxygen atoms in total. The lowest BCUT2D eigenvalue weighted by molar-refractivity contribution is 0.132. The first-order chi connectivity index (χ1) is 4.95. The molecule has 0 aliphatic rings. The van der Waals surface area contributed by atoms with E-state index in [0.717, 1.165) is 11.4 Å². The molecule has 0 unspecified atom stereocenters. The molecule has 11 heavy (non-hydrogen) atoms. The first-order valence-corrected chi connectivity index (χ1v) is 3.51.